The first-order valence-corrected chi connectivity index (χ1v) is 14.6. The number of rotatable bonds is 10. The normalized spacial score (nSPS) is 15.0. The Morgan fingerprint density at radius 2 is 1.81 bits per heavy atom. The van der Waals surface area contributed by atoms with Gasteiger partial charge in [-0.3, -0.25) is 10.1 Å². The molecule has 224 valence electrons. The number of nitro benzene ring substituents is 1. The van der Waals surface area contributed by atoms with Crippen LogP contribution in [0.1, 0.15) is 16.7 Å². The van der Waals surface area contributed by atoms with Gasteiger partial charge in [-0.25, -0.2) is 8.78 Å². The van der Waals surface area contributed by atoms with Crippen LogP contribution in [0.2, 0.25) is 0 Å². The van der Waals surface area contributed by atoms with Crippen molar-refractivity contribution in [3.05, 3.63) is 93.0 Å². The summed E-state index contributed by atoms with van der Waals surface area (Å²) in [6.07, 6.45) is 0. The van der Waals surface area contributed by atoms with E-state index < -0.39 is 16.6 Å². The summed E-state index contributed by atoms with van der Waals surface area (Å²) in [5, 5.41) is 20.9. The summed E-state index contributed by atoms with van der Waals surface area (Å²) in [5.41, 5.74) is 2.86. The average Bonchev–Trinajstić information content (AvgIpc) is 3.32. The zero-order valence-corrected chi connectivity index (χ0v) is 24.5. The minimum absolute atomic E-state index is 0.00169. The highest BCUT2D eigenvalue weighted by Gasteiger charge is 2.32. The molecule has 1 fully saturated rings. The van der Waals surface area contributed by atoms with Crippen LogP contribution >= 0.6 is 11.3 Å². The number of aromatic nitrogens is 2. The minimum atomic E-state index is -0.613. The van der Waals surface area contributed by atoms with Gasteiger partial charge in [0.15, 0.2) is 5.82 Å². The Morgan fingerprint density at radius 3 is 2.42 bits per heavy atom. The molecule has 2 aromatic heterocycles. The number of benzene rings is 2. The summed E-state index contributed by atoms with van der Waals surface area (Å²) >= 11 is 1.52. The lowest BCUT2D eigenvalue weighted by Crippen LogP contribution is -2.42. The second-order valence-electron chi connectivity index (χ2n) is 10.9. The maximum Gasteiger partial charge on any atom is 0.269 e. The van der Waals surface area contributed by atoms with Gasteiger partial charge in [-0.1, -0.05) is 6.07 Å². The number of nitro groups is 1. The standard InChI is InChI=1S/C30H30F2N6O4S/c1-35(2)12-22-23-13-36(27-10-11-28(34-33-27)42-17-19-15-41-16-19)18-37(14-24-25(31)4-3-5-26(24)32)30(23)43-29(22)20-6-8-21(9-7-20)38(39)40/h3-11,19H,12-18H2,1-2H3. The van der Waals surface area contributed by atoms with Gasteiger partial charge in [0, 0.05) is 53.2 Å². The molecule has 0 N–H and O–H groups in total. The molecule has 2 aliphatic rings. The summed E-state index contributed by atoms with van der Waals surface area (Å²) in [5.74, 6) is 0.147. The highest BCUT2D eigenvalue weighted by Crippen LogP contribution is 2.46. The van der Waals surface area contributed by atoms with Crippen molar-refractivity contribution in [2.24, 2.45) is 5.92 Å². The van der Waals surface area contributed by atoms with Crippen LogP contribution in [0, 0.1) is 27.7 Å². The molecule has 10 nitrogen and oxygen atoms in total. The number of fused-ring (bicyclic) bond motifs is 1. The summed E-state index contributed by atoms with van der Waals surface area (Å²) in [4.78, 5) is 17.8. The second kappa shape index (κ2) is 12.2. The van der Waals surface area contributed by atoms with Crippen molar-refractivity contribution in [2.45, 2.75) is 19.6 Å². The third-order valence-corrected chi connectivity index (χ3v) is 8.81. The molecule has 0 saturated carbocycles. The van der Waals surface area contributed by atoms with Gasteiger partial charge in [0.1, 0.15) is 11.6 Å². The van der Waals surface area contributed by atoms with Crippen LogP contribution in [0.15, 0.2) is 54.6 Å². The van der Waals surface area contributed by atoms with Crippen molar-refractivity contribution < 1.29 is 23.2 Å². The van der Waals surface area contributed by atoms with E-state index in [2.05, 4.69) is 15.1 Å². The van der Waals surface area contributed by atoms with Crippen molar-refractivity contribution in [2.75, 3.05) is 50.4 Å². The number of hydrogen-bond acceptors (Lipinski definition) is 10. The first-order valence-electron chi connectivity index (χ1n) is 13.8. The van der Waals surface area contributed by atoms with Crippen LogP contribution in [0.5, 0.6) is 5.88 Å². The van der Waals surface area contributed by atoms with E-state index in [9.17, 15) is 18.9 Å². The molecular weight excluding hydrogens is 578 g/mol. The van der Waals surface area contributed by atoms with E-state index in [-0.39, 0.29) is 17.8 Å². The van der Waals surface area contributed by atoms with Gasteiger partial charge in [0.05, 0.1) is 43.0 Å². The number of nitrogens with zero attached hydrogens (tertiary/aromatic N) is 6. The molecule has 0 bridgehead atoms. The fourth-order valence-corrected chi connectivity index (χ4v) is 6.48. The zero-order valence-electron chi connectivity index (χ0n) is 23.7. The van der Waals surface area contributed by atoms with E-state index in [0.29, 0.717) is 57.2 Å². The van der Waals surface area contributed by atoms with Gasteiger partial charge < -0.3 is 24.2 Å². The molecule has 1 saturated heterocycles. The van der Waals surface area contributed by atoms with E-state index >= 15 is 0 Å². The van der Waals surface area contributed by atoms with E-state index in [1.165, 1.54) is 41.7 Å². The molecule has 13 heteroatoms. The highest BCUT2D eigenvalue weighted by atomic mass is 32.1. The zero-order chi connectivity index (χ0) is 30.1. The smallest absolute Gasteiger partial charge is 0.269 e. The fourth-order valence-electron chi connectivity index (χ4n) is 5.16. The van der Waals surface area contributed by atoms with Crippen LogP contribution in [-0.4, -0.2) is 60.6 Å². The number of anilines is 2. The number of hydrogen-bond donors (Lipinski definition) is 0. The van der Waals surface area contributed by atoms with E-state index in [4.69, 9.17) is 9.47 Å². The third-order valence-electron chi connectivity index (χ3n) is 7.42. The second-order valence-corrected chi connectivity index (χ2v) is 11.9. The van der Waals surface area contributed by atoms with Gasteiger partial charge in [-0.15, -0.1) is 21.5 Å². The first-order chi connectivity index (χ1) is 20.8. The van der Waals surface area contributed by atoms with Crippen LogP contribution in [0.4, 0.5) is 25.3 Å². The lowest BCUT2D eigenvalue weighted by molar-refractivity contribution is -0.384. The molecule has 6 rings (SSSR count). The lowest BCUT2D eigenvalue weighted by atomic mass is 10.0. The molecule has 0 spiro atoms. The van der Waals surface area contributed by atoms with Crippen molar-refractivity contribution in [1.82, 2.24) is 15.1 Å². The van der Waals surface area contributed by atoms with Crippen LogP contribution in [0.3, 0.4) is 0 Å². The molecule has 4 aromatic rings. The molecule has 0 unspecified atom stereocenters. The number of non-ortho nitro benzene ring substituents is 1. The van der Waals surface area contributed by atoms with E-state index in [1.54, 1.807) is 18.2 Å². The van der Waals surface area contributed by atoms with Gasteiger partial charge >= 0.3 is 0 Å². The van der Waals surface area contributed by atoms with Crippen molar-refractivity contribution in [3.63, 3.8) is 0 Å². The van der Waals surface area contributed by atoms with Crippen LogP contribution in [-0.2, 0) is 24.4 Å². The quantitative estimate of drug-likeness (QED) is 0.172. The van der Waals surface area contributed by atoms with Crippen molar-refractivity contribution in [1.29, 1.82) is 0 Å². The Kier molecular flexibility index (Phi) is 8.19. The molecule has 2 aliphatic heterocycles. The topological polar surface area (TPSA) is 97.1 Å². The van der Waals surface area contributed by atoms with Gasteiger partial charge in [0.25, 0.3) is 5.69 Å². The predicted molar refractivity (Wildman–Crippen MR) is 159 cm³/mol. The maximum absolute atomic E-state index is 14.8. The first kappa shape index (κ1) is 28.9. The Labute approximate surface area is 251 Å². The summed E-state index contributed by atoms with van der Waals surface area (Å²) < 4.78 is 40.6. The number of thiophene rings is 1. The lowest BCUT2D eigenvalue weighted by Gasteiger charge is -2.37. The fraction of sp³-hybridized carbons (Fsp3) is 0.333. The Balaban J connectivity index is 1.38. The number of halogens is 2. The van der Waals surface area contributed by atoms with Crippen LogP contribution < -0.4 is 14.5 Å². The van der Waals surface area contributed by atoms with Crippen molar-refractivity contribution >= 4 is 27.8 Å². The van der Waals surface area contributed by atoms with Gasteiger partial charge in [-0.05, 0) is 55.6 Å². The molecule has 0 aliphatic carbocycles. The molecule has 0 atom stereocenters. The Hall–Kier alpha value is -4.20. The number of ether oxygens (including phenoxy) is 2. The monoisotopic (exact) mass is 608 g/mol. The Morgan fingerprint density at radius 1 is 1.07 bits per heavy atom. The molecule has 0 amide bonds. The van der Waals surface area contributed by atoms with Crippen molar-refractivity contribution in [3.8, 4) is 16.3 Å². The molecule has 4 heterocycles. The molecular formula is C30H30F2N6O4S. The van der Waals surface area contributed by atoms with Gasteiger partial charge in [0.2, 0.25) is 5.88 Å². The SMILES string of the molecule is CN(C)Cc1c(-c2ccc([N+](=O)[O-])cc2)sc2c1CN(c1ccc(OCC3COC3)nn1)CN2Cc1c(F)cccc1F. The minimum Gasteiger partial charge on any atom is -0.476 e. The summed E-state index contributed by atoms with van der Waals surface area (Å²) in [6.45, 7) is 3.27. The average molecular weight is 609 g/mol. The highest BCUT2D eigenvalue weighted by molar-refractivity contribution is 7.19. The molecule has 2 aromatic carbocycles. The summed E-state index contributed by atoms with van der Waals surface area (Å²) in [7, 11) is 3.94. The van der Waals surface area contributed by atoms with E-state index in [0.717, 1.165) is 26.6 Å². The Bertz CT molecular complexity index is 1590. The van der Waals surface area contributed by atoms with Gasteiger partial charge in [-0.2, -0.15) is 0 Å². The predicted octanol–water partition coefficient (Wildman–Crippen LogP) is 5.46. The largest absolute Gasteiger partial charge is 0.476 e. The third kappa shape index (κ3) is 6.14. The summed E-state index contributed by atoms with van der Waals surface area (Å²) in [6, 6.07) is 13.9. The van der Waals surface area contributed by atoms with Crippen LogP contribution in [0.25, 0.3) is 10.4 Å². The molecule has 43 heavy (non-hydrogen) atoms. The van der Waals surface area contributed by atoms with E-state index in [1.807, 2.05) is 30.0 Å². The molecule has 0 radical (unpaired) electrons. The maximum atomic E-state index is 14.8.